The average Bonchev–Trinajstić information content (AvgIpc) is 2.71. The fraction of sp³-hybridized carbons (Fsp3) is 0.455. The Morgan fingerprint density at radius 1 is 1.41 bits per heavy atom. The fourth-order valence-electron chi connectivity index (χ4n) is 4.74. The summed E-state index contributed by atoms with van der Waals surface area (Å²) in [7, 11) is 1.65. The van der Waals surface area contributed by atoms with Crippen LogP contribution >= 0.6 is 0 Å². The third-order valence-electron chi connectivity index (χ3n) is 6.09. The number of hydrogen-bond donors (Lipinski definition) is 0. The van der Waals surface area contributed by atoms with Crippen molar-refractivity contribution in [3.05, 3.63) is 48.7 Å². The molecular weight excluding hydrogens is 340 g/mol. The molecule has 0 N–H and O–H groups in total. The first-order chi connectivity index (χ1) is 13.1. The Hall–Kier alpha value is -2.40. The first kappa shape index (κ1) is 18.0. The first-order valence-electron chi connectivity index (χ1n) is 9.57. The minimum absolute atomic E-state index is 0.181. The van der Waals surface area contributed by atoms with Gasteiger partial charge in [0.2, 0.25) is 0 Å². The van der Waals surface area contributed by atoms with Crippen LogP contribution in [0.5, 0.6) is 5.75 Å². The molecule has 0 spiro atoms. The third-order valence-corrected chi connectivity index (χ3v) is 6.09. The molecule has 2 bridgehead atoms. The van der Waals surface area contributed by atoms with Gasteiger partial charge in [0.15, 0.2) is 0 Å². The summed E-state index contributed by atoms with van der Waals surface area (Å²) in [6.07, 6.45) is 5.77. The van der Waals surface area contributed by atoms with Crippen molar-refractivity contribution < 1.29 is 14.3 Å². The lowest BCUT2D eigenvalue weighted by atomic mass is 9.73. The van der Waals surface area contributed by atoms with Crippen molar-refractivity contribution in [2.45, 2.75) is 31.9 Å². The van der Waals surface area contributed by atoms with E-state index in [-0.39, 0.29) is 18.1 Å². The van der Waals surface area contributed by atoms with Crippen molar-refractivity contribution in [3.8, 4) is 5.75 Å². The number of aromatic nitrogens is 1. The Labute approximate surface area is 160 Å². The van der Waals surface area contributed by atoms with Crippen LogP contribution in [0, 0.1) is 11.8 Å². The maximum Gasteiger partial charge on any atom is 0.303 e. The molecule has 1 aromatic carbocycles. The number of carbonyl (C=O) groups is 1. The second-order valence-electron chi connectivity index (χ2n) is 7.56. The van der Waals surface area contributed by atoms with Crippen LogP contribution in [0.3, 0.4) is 0 Å². The largest absolute Gasteiger partial charge is 0.497 e. The predicted molar refractivity (Wildman–Crippen MR) is 105 cm³/mol. The van der Waals surface area contributed by atoms with Crippen molar-refractivity contribution in [2.24, 2.45) is 11.8 Å². The fourth-order valence-corrected chi connectivity index (χ4v) is 4.74. The van der Waals surface area contributed by atoms with Crippen molar-refractivity contribution in [1.82, 2.24) is 9.88 Å². The summed E-state index contributed by atoms with van der Waals surface area (Å²) >= 11 is 0. The highest BCUT2D eigenvalue weighted by Crippen LogP contribution is 2.43. The number of methoxy groups -OCH3 is 1. The molecule has 27 heavy (non-hydrogen) atoms. The summed E-state index contributed by atoms with van der Waals surface area (Å²) in [6, 6.07) is 7.99. The molecule has 0 radical (unpaired) electrons. The number of benzene rings is 1. The number of carbonyl (C=O) groups excluding carboxylic acids is 1. The van der Waals surface area contributed by atoms with Gasteiger partial charge in [-0.25, -0.2) is 0 Å². The average molecular weight is 366 g/mol. The monoisotopic (exact) mass is 366 g/mol. The van der Waals surface area contributed by atoms with Gasteiger partial charge in [-0.05, 0) is 55.5 Å². The SMILES string of the molecule is C=CC1CN2CCC1C[C@@H]2C(OC(C)=O)c1ccnc2ccc(OC)cc12. The third kappa shape index (κ3) is 3.32. The zero-order chi connectivity index (χ0) is 19.0. The molecule has 142 valence electrons. The van der Waals surface area contributed by atoms with Gasteiger partial charge < -0.3 is 9.47 Å². The molecule has 0 saturated carbocycles. The summed E-state index contributed by atoms with van der Waals surface area (Å²) in [5, 5.41) is 0.978. The van der Waals surface area contributed by atoms with Crippen LogP contribution in [-0.4, -0.2) is 42.1 Å². The van der Waals surface area contributed by atoms with Gasteiger partial charge in [-0.1, -0.05) is 6.08 Å². The van der Waals surface area contributed by atoms with Gasteiger partial charge in [0.1, 0.15) is 11.9 Å². The lowest BCUT2D eigenvalue weighted by Gasteiger charge is -2.51. The van der Waals surface area contributed by atoms with Crippen molar-refractivity contribution in [2.75, 3.05) is 20.2 Å². The second kappa shape index (κ2) is 7.31. The van der Waals surface area contributed by atoms with E-state index >= 15 is 0 Å². The minimum atomic E-state index is -0.311. The Kier molecular flexibility index (Phi) is 4.87. The van der Waals surface area contributed by atoms with Gasteiger partial charge >= 0.3 is 5.97 Å². The number of ether oxygens (including phenoxy) is 2. The molecule has 5 rings (SSSR count). The number of hydrogen-bond acceptors (Lipinski definition) is 5. The van der Waals surface area contributed by atoms with E-state index in [0.29, 0.717) is 11.8 Å². The van der Waals surface area contributed by atoms with Crippen molar-refractivity contribution >= 4 is 16.9 Å². The zero-order valence-electron chi connectivity index (χ0n) is 15.9. The number of pyridine rings is 1. The minimum Gasteiger partial charge on any atom is -0.497 e. The van der Waals surface area contributed by atoms with Crippen LogP contribution in [0.15, 0.2) is 43.1 Å². The summed E-state index contributed by atoms with van der Waals surface area (Å²) in [5.41, 5.74) is 1.88. The molecular formula is C22H26N2O3. The first-order valence-corrected chi connectivity index (χ1v) is 9.57. The maximum absolute atomic E-state index is 12.0. The van der Waals surface area contributed by atoms with Gasteiger partial charge in [-0.3, -0.25) is 14.7 Å². The van der Waals surface area contributed by atoms with Gasteiger partial charge in [0, 0.05) is 30.6 Å². The van der Waals surface area contributed by atoms with E-state index in [1.807, 2.05) is 24.3 Å². The second-order valence-corrected chi connectivity index (χ2v) is 7.56. The number of nitrogens with zero attached hydrogens (tertiary/aromatic N) is 2. The summed E-state index contributed by atoms with van der Waals surface area (Å²) in [5.74, 6) is 1.66. The Morgan fingerprint density at radius 2 is 2.26 bits per heavy atom. The number of rotatable bonds is 5. The highest BCUT2D eigenvalue weighted by molar-refractivity contribution is 5.84. The molecule has 5 atom stereocenters. The summed E-state index contributed by atoms with van der Waals surface area (Å²) in [4.78, 5) is 18.9. The Balaban J connectivity index is 1.76. The highest BCUT2D eigenvalue weighted by Gasteiger charge is 2.44. The molecule has 4 heterocycles. The van der Waals surface area contributed by atoms with Crippen molar-refractivity contribution in [3.63, 3.8) is 0 Å². The summed E-state index contributed by atoms with van der Waals surface area (Å²) < 4.78 is 11.3. The van der Waals surface area contributed by atoms with E-state index in [0.717, 1.165) is 41.7 Å². The van der Waals surface area contributed by atoms with Gasteiger partial charge in [-0.15, -0.1) is 6.58 Å². The molecule has 0 aliphatic carbocycles. The molecule has 0 amide bonds. The van der Waals surface area contributed by atoms with Gasteiger partial charge in [0.05, 0.1) is 18.7 Å². The molecule has 3 saturated heterocycles. The van der Waals surface area contributed by atoms with Crippen LogP contribution in [0.2, 0.25) is 0 Å². The van der Waals surface area contributed by atoms with Crippen LogP contribution in [0.25, 0.3) is 10.9 Å². The molecule has 5 nitrogen and oxygen atoms in total. The Morgan fingerprint density at radius 3 is 2.93 bits per heavy atom. The highest BCUT2D eigenvalue weighted by atomic mass is 16.5. The molecule has 5 heteroatoms. The van der Waals surface area contributed by atoms with Crippen LogP contribution < -0.4 is 4.74 Å². The maximum atomic E-state index is 12.0. The molecule has 4 unspecified atom stereocenters. The van der Waals surface area contributed by atoms with E-state index in [9.17, 15) is 4.79 Å². The number of fused-ring (bicyclic) bond motifs is 4. The van der Waals surface area contributed by atoms with Crippen LogP contribution in [-0.2, 0) is 9.53 Å². The molecule has 3 aliphatic rings. The standard InChI is InChI=1S/C22H26N2O3/c1-4-15-13-24-10-8-16(15)11-21(24)22(27-14(2)25)18-7-9-23-20-6-5-17(26-3)12-19(18)20/h4-7,9,12,15-16,21-22H,1,8,10-11,13H2,2-3H3/t15?,16?,21-,22?/m1/s1. The number of piperidine rings is 3. The van der Waals surface area contributed by atoms with E-state index < -0.39 is 0 Å². The van der Waals surface area contributed by atoms with Crippen LogP contribution in [0.4, 0.5) is 0 Å². The van der Waals surface area contributed by atoms with Gasteiger partial charge in [0.25, 0.3) is 0 Å². The topological polar surface area (TPSA) is 51.7 Å². The van der Waals surface area contributed by atoms with Crippen LogP contribution in [0.1, 0.15) is 31.4 Å². The number of esters is 1. The lowest BCUT2D eigenvalue weighted by Crippen LogP contribution is -2.55. The van der Waals surface area contributed by atoms with E-state index in [4.69, 9.17) is 9.47 Å². The van der Waals surface area contributed by atoms with E-state index in [2.05, 4.69) is 22.5 Å². The smallest absolute Gasteiger partial charge is 0.303 e. The molecule has 3 aliphatic heterocycles. The summed E-state index contributed by atoms with van der Waals surface area (Å²) in [6.45, 7) is 7.53. The molecule has 2 aromatic rings. The Bertz CT molecular complexity index is 866. The van der Waals surface area contributed by atoms with Gasteiger partial charge in [-0.2, -0.15) is 0 Å². The van der Waals surface area contributed by atoms with Crippen molar-refractivity contribution in [1.29, 1.82) is 0 Å². The lowest BCUT2D eigenvalue weighted by molar-refractivity contribution is -0.154. The molecule has 1 aromatic heterocycles. The normalized spacial score (nSPS) is 27.9. The van der Waals surface area contributed by atoms with E-state index in [1.165, 1.54) is 13.3 Å². The quantitative estimate of drug-likeness (QED) is 0.596. The molecule has 3 fully saturated rings. The zero-order valence-corrected chi connectivity index (χ0v) is 15.9. The predicted octanol–water partition coefficient (Wildman–Crippen LogP) is 3.74. The van der Waals surface area contributed by atoms with E-state index in [1.54, 1.807) is 13.3 Å².